The van der Waals surface area contributed by atoms with Gasteiger partial charge < -0.3 is 0 Å². The van der Waals surface area contributed by atoms with Gasteiger partial charge in [-0.3, -0.25) is 13.9 Å². The summed E-state index contributed by atoms with van der Waals surface area (Å²) >= 11 is 0. The van der Waals surface area contributed by atoms with E-state index in [1.165, 1.54) is 4.40 Å². The summed E-state index contributed by atoms with van der Waals surface area (Å²) in [7, 11) is 1.89. The molecular weight excluding hydrogens is 264 g/mol. The molecule has 4 aromatic rings. The van der Waals surface area contributed by atoms with Gasteiger partial charge in [0.25, 0.3) is 5.56 Å². The summed E-state index contributed by atoms with van der Waals surface area (Å²) < 4.78 is 3.31. The highest BCUT2D eigenvalue weighted by molar-refractivity contribution is 5.83. The number of aryl methyl sites for hydroxylation is 1. The molecular formula is C16H12N4O. The first kappa shape index (κ1) is 11.8. The normalized spacial score (nSPS) is 11.3. The second-order valence-electron chi connectivity index (χ2n) is 4.98. The van der Waals surface area contributed by atoms with E-state index in [9.17, 15) is 4.79 Å². The van der Waals surface area contributed by atoms with Crippen molar-refractivity contribution in [1.29, 1.82) is 0 Å². The predicted octanol–water partition coefficient (Wildman–Crippen LogP) is 2.25. The first-order valence-corrected chi connectivity index (χ1v) is 6.63. The van der Waals surface area contributed by atoms with Crippen LogP contribution < -0.4 is 5.56 Å². The summed E-state index contributed by atoms with van der Waals surface area (Å²) in [5.41, 5.74) is 3.09. The molecule has 0 radical (unpaired) electrons. The highest BCUT2D eigenvalue weighted by Gasteiger charge is 2.06. The van der Waals surface area contributed by atoms with Gasteiger partial charge in [0.1, 0.15) is 5.65 Å². The highest BCUT2D eigenvalue weighted by Crippen LogP contribution is 2.21. The third kappa shape index (κ3) is 1.90. The van der Waals surface area contributed by atoms with Crippen LogP contribution in [0.25, 0.3) is 27.8 Å². The van der Waals surface area contributed by atoms with Crippen LogP contribution >= 0.6 is 0 Å². The second kappa shape index (κ2) is 4.28. The lowest BCUT2D eigenvalue weighted by molar-refractivity contribution is 0.780. The SMILES string of the molecule is Cn1cc2cc(-c3cc(=O)n4ccccc4n3)ccc2n1. The Balaban J connectivity index is 1.97. The first-order valence-electron chi connectivity index (χ1n) is 6.63. The smallest absolute Gasteiger partial charge is 0.258 e. The quantitative estimate of drug-likeness (QED) is 0.536. The van der Waals surface area contributed by atoms with Crippen molar-refractivity contribution < 1.29 is 0 Å². The van der Waals surface area contributed by atoms with E-state index in [2.05, 4.69) is 10.1 Å². The van der Waals surface area contributed by atoms with Gasteiger partial charge in [0.2, 0.25) is 0 Å². The highest BCUT2D eigenvalue weighted by atomic mass is 16.1. The van der Waals surface area contributed by atoms with Crippen LogP contribution in [-0.4, -0.2) is 19.2 Å². The van der Waals surface area contributed by atoms with Crippen LogP contribution in [0.2, 0.25) is 0 Å². The lowest BCUT2D eigenvalue weighted by atomic mass is 10.1. The van der Waals surface area contributed by atoms with Crippen molar-refractivity contribution >= 4 is 16.6 Å². The molecule has 0 amide bonds. The molecule has 0 saturated carbocycles. The molecule has 0 fully saturated rings. The fourth-order valence-corrected chi connectivity index (χ4v) is 2.51. The van der Waals surface area contributed by atoms with Gasteiger partial charge >= 0.3 is 0 Å². The molecule has 1 aromatic carbocycles. The predicted molar refractivity (Wildman–Crippen MR) is 81.2 cm³/mol. The van der Waals surface area contributed by atoms with E-state index in [1.54, 1.807) is 16.9 Å². The van der Waals surface area contributed by atoms with Gasteiger partial charge in [0.15, 0.2) is 0 Å². The topological polar surface area (TPSA) is 52.2 Å². The number of hydrogen-bond acceptors (Lipinski definition) is 3. The van der Waals surface area contributed by atoms with Gasteiger partial charge in [0.05, 0.1) is 11.2 Å². The molecule has 0 spiro atoms. The Kier molecular flexibility index (Phi) is 2.41. The third-order valence-corrected chi connectivity index (χ3v) is 3.49. The van der Waals surface area contributed by atoms with E-state index in [0.29, 0.717) is 11.3 Å². The largest absolute Gasteiger partial charge is 0.275 e. The summed E-state index contributed by atoms with van der Waals surface area (Å²) in [5.74, 6) is 0. The number of fused-ring (bicyclic) bond motifs is 2. The van der Waals surface area contributed by atoms with Crippen molar-refractivity contribution in [2.24, 2.45) is 7.05 Å². The standard InChI is InChI=1S/C16H12N4O/c1-19-10-12-8-11(5-6-13(12)18-19)14-9-16(21)20-7-3-2-4-15(20)17-14/h2-10H,1H3. The molecule has 21 heavy (non-hydrogen) atoms. The zero-order valence-corrected chi connectivity index (χ0v) is 11.4. The second-order valence-corrected chi connectivity index (χ2v) is 4.98. The Morgan fingerprint density at radius 3 is 2.90 bits per heavy atom. The number of hydrogen-bond donors (Lipinski definition) is 0. The Morgan fingerprint density at radius 1 is 1.10 bits per heavy atom. The summed E-state index contributed by atoms with van der Waals surface area (Å²) in [6.45, 7) is 0. The van der Waals surface area contributed by atoms with Gasteiger partial charge in [-0.25, -0.2) is 4.98 Å². The number of nitrogens with zero attached hydrogens (tertiary/aromatic N) is 4. The molecule has 0 N–H and O–H groups in total. The zero-order chi connectivity index (χ0) is 14.4. The van der Waals surface area contributed by atoms with Gasteiger partial charge in [-0.1, -0.05) is 12.1 Å². The van der Waals surface area contributed by atoms with Crippen LogP contribution in [0.4, 0.5) is 0 Å². The summed E-state index contributed by atoms with van der Waals surface area (Å²) in [6, 6.07) is 13.0. The van der Waals surface area contributed by atoms with E-state index < -0.39 is 0 Å². The average Bonchev–Trinajstić information content (AvgIpc) is 2.86. The van der Waals surface area contributed by atoms with Crippen molar-refractivity contribution in [2.75, 3.05) is 0 Å². The number of benzene rings is 1. The van der Waals surface area contributed by atoms with Gasteiger partial charge in [-0.15, -0.1) is 0 Å². The maximum absolute atomic E-state index is 12.1. The molecule has 3 heterocycles. The molecule has 0 bridgehead atoms. The minimum absolute atomic E-state index is 0.0816. The first-order chi connectivity index (χ1) is 10.2. The number of pyridine rings is 1. The van der Waals surface area contributed by atoms with Crippen LogP contribution in [0.15, 0.2) is 59.7 Å². The molecule has 102 valence electrons. The molecule has 4 rings (SSSR count). The van der Waals surface area contributed by atoms with E-state index in [0.717, 1.165) is 16.5 Å². The molecule has 5 nitrogen and oxygen atoms in total. The third-order valence-electron chi connectivity index (χ3n) is 3.49. The average molecular weight is 276 g/mol. The molecule has 0 atom stereocenters. The Bertz CT molecular complexity index is 1030. The zero-order valence-electron chi connectivity index (χ0n) is 11.4. The van der Waals surface area contributed by atoms with E-state index in [-0.39, 0.29) is 5.56 Å². The van der Waals surface area contributed by atoms with Crippen LogP contribution in [0.3, 0.4) is 0 Å². The van der Waals surface area contributed by atoms with Crippen LogP contribution in [0.1, 0.15) is 0 Å². The monoisotopic (exact) mass is 276 g/mol. The van der Waals surface area contributed by atoms with Gasteiger partial charge in [-0.05, 0) is 24.3 Å². The minimum atomic E-state index is -0.0816. The molecule has 5 heteroatoms. The lowest BCUT2D eigenvalue weighted by Gasteiger charge is -2.04. The molecule has 0 aliphatic rings. The molecule has 0 aliphatic carbocycles. The number of aromatic nitrogens is 4. The lowest BCUT2D eigenvalue weighted by Crippen LogP contribution is -2.13. The van der Waals surface area contributed by atoms with E-state index in [4.69, 9.17) is 0 Å². The Hall–Kier alpha value is -2.95. The van der Waals surface area contributed by atoms with E-state index >= 15 is 0 Å². The van der Waals surface area contributed by atoms with Crippen molar-refractivity contribution in [3.63, 3.8) is 0 Å². The van der Waals surface area contributed by atoms with Crippen molar-refractivity contribution in [1.82, 2.24) is 19.2 Å². The van der Waals surface area contributed by atoms with Crippen LogP contribution in [-0.2, 0) is 7.05 Å². The molecule has 0 unspecified atom stereocenters. The maximum atomic E-state index is 12.1. The maximum Gasteiger partial charge on any atom is 0.258 e. The molecule has 0 aliphatic heterocycles. The van der Waals surface area contributed by atoms with Crippen molar-refractivity contribution in [2.45, 2.75) is 0 Å². The van der Waals surface area contributed by atoms with Crippen molar-refractivity contribution in [3.8, 4) is 11.3 Å². The minimum Gasteiger partial charge on any atom is -0.275 e. The molecule has 0 saturated heterocycles. The Morgan fingerprint density at radius 2 is 2.00 bits per heavy atom. The fourth-order valence-electron chi connectivity index (χ4n) is 2.51. The van der Waals surface area contributed by atoms with Crippen molar-refractivity contribution in [3.05, 3.63) is 65.2 Å². The summed E-state index contributed by atoms with van der Waals surface area (Å²) in [4.78, 5) is 16.7. The summed E-state index contributed by atoms with van der Waals surface area (Å²) in [6.07, 6.45) is 3.67. The summed E-state index contributed by atoms with van der Waals surface area (Å²) in [5, 5.41) is 5.38. The van der Waals surface area contributed by atoms with Crippen LogP contribution in [0.5, 0.6) is 0 Å². The van der Waals surface area contributed by atoms with Gasteiger partial charge in [0, 0.05) is 36.5 Å². The fraction of sp³-hybridized carbons (Fsp3) is 0.0625. The number of rotatable bonds is 1. The van der Waals surface area contributed by atoms with E-state index in [1.807, 2.05) is 49.6 Å². The van der Waals surface area contributed by atoms with Gasteiger partial charge in [-0.2, -0.15) is 5.10 Å². The molecule has 3 aromatic heterocycles. The van der Waals surface area contributed by atoms with Crippen LogP contribution in [0, 0.1) is 0 Å². The Labute approximate surface area is 120 Å².